The molecule has 1 N–H and O–H groups in total. The van der Waals surface area contributed by atoms with Crippen molar-refractivity contribution in [2.24, 2.45) is 0 Å². The zero-order chi connectivity index (χ0) is 10.1. The van der Waals surface area contributed by atoms with Gasteiger partial charge in [0.15, 0.2) is 11.5 Å². The second-order valence-electron chi connectivity index (χ2n) is 3.27. The highest BCUT2D eigenvalue weighted by atomic mass is 16.6. The SMILES string of the molecule is C=CCc1c(O)cc2c(c1CC=C)O2. The maximum atomic E-state index is 9.70. The van der Waals surface area contributed by atoms with E-state index >= 15 is 0 Å². The molecule has 1 aliphatic rings. The molecule has 1 heterocycles. The molecule has 14 heavy (non-hydrogen) atoms. The summed E-state index contributed by atoms with van der Waals surface area (Å²) in [4.78, 5) is 0. The van der Waals surface area contributed by atoms with Crippen LogP contribution in [0.2, 0.25) is 0 Å². The van der Waals surface area contributed by atoms with Crippen LogP contribution in [-0.2, 0) is 12.8 Å². The third-order valence-electron chi connectivity index (χ3n) is 2.31. The molecule has 0 aliphatic carbocycles. The summed E-state index contributed by atoms with van der Waals surface area (Å²) in [5.41, 5.74) is 1.94. The van der Waals surface area contributed by atoms with E-state index in [4.69, 9.17) is 4.74 Å². The summed E-state index contributed by atoms with van der Waals surface area (Å²) in [5, 5.41) is 9.70. The Morgan fingerprint density at radius 3 is 2.50 bits per heavy atom. The summed E-state index contributed by atoms with van der Waals surface area (Å²) in [7, 11) is 0. The van der Waals surface area contributed by atoms with E-state index in [1.54, 1.807) is 12.1 Å². The molecule has 1 aliphatic heterocycles. The molecule has 0 amide bonds. The van der Waals surface area contributed by atoms with Crippen molar-refractivity contribution < 1.29 is 9.84 Å². The van der Waals surface area contributed by atoms with Gasteiger partial charge in [-0.15, -0.1) is 13.2 Å². The van der Waals surface area contributed by atoms with E-state index < -0.39 is 0 Å². The Balaban J connectivity index is 2.49. The third-order valence-corrected chi connectivity index (χ3v) is 2.31. The first kappa shape index (κ1) is 8.88. The van der Waals surface area contributed by atoms with Crippen molar-refractivity contribution in [3.05, 3.63) is 42.5 Å². The van der Waals surface area contributed by atoms with Gasteiger partial charge >= 0.3 is 0 Å². The Hall–Kier alpha value is -1.70. The van der Waals surface area contributed by atoms with E-state index in [1.807, 2.05) is 6.08 Å². The van der Waals surface area contributed by atoms with Crippen LogP contribution < -0.4 is 4.74 Å². The first-order chi connectivity index (χ1) is 6.77. The van der Waals surface area contributed by atoms with Gasteiger partial charge in [0.25, 0.3) is 0 Å². The molecule has 0 unspecified atom stereocenters. The fourth-order valence-electron chi connectivity index (χ4n) is 1.63. The van der Waals surface area contributed by atoms with Gasteiger partial charge in [-0.2, -0.15) is 0 Å². The molecule has 1 aromatic rings. The summed E-state index contributed by atoms with van der Waals surface area (Å²) in [6.45, 7) is 7.36. The molecule has 0 fully saturated rings. The van der Waals surface area contributed by atoms with Crippen molar-refractivity contribution in [3.63, 3.8) is 0 Å². The average Bonchev–Trinajstić information content (AvgIpc) is 2.89. The number of allylic oxidation sites excluding steroid dienone is 2. The Kier molecular flexibility index (Phi) is 2.04. The lowest BCUT2D eigenvalue weighted by Gasteiger charge is -2.04. The van der Waals surface area contributed by atoms with E-state index in [1.165, 1.54) is 0 Å². The van der Waals surface area contributed by atoms with E-state index in [0.717, 1.165) is 29.0 Å². The molecule has 0 aromatic heterocycles. The monoisotopic (exact) mass is 188 g/mol. The quantitative estimate of drug-likeness (QED) is 0.591. The number of hydrogen-bond donors (Lipinski definition) is 1. The lowest BCUT2D eigenvalue weighted by atomic mass is 10.0. The minimum atomic E-state index is 0.290. The number of hydrogen-bond acceptors (Lipinski definition) is 2. The summed E-state index contributed by atoms with van der Waals surface area (Å²) in [6.07, 6.45) is 4.96. The van der Waals surface area contributed by atoms with Crippen molar-refractivity contribution in [2.75, 3.05) is 0 Å². The van der Waals surface area contributed by atoms with Gasteiger partial charge in [0, 0.05) is 17.2 Å². The zero-order valence-corrected chi connectivity index (χ0v) is 7.92. The fourth-order valence-corrected chi connectivity index (χ4v) is 1.63. The van der Waals surface area contributed by atoms with Gasteiger partial charge in [0.05, 0.1) is 0 Å². The Morgan fingerprint density at radius 2 is 1.86 bits per heavy atom. The van der Waals surface area contributed by atoms with Crippen LogP contribution in [0, 0.1) is 0 Å². The van der Waals surface area contributed by atoms with Gasteiger partial charge in [-0.05, 0) is 12.8 Å². The normalized spacial score (nSPS) is 11.4. The number of aromatic hydroxyl groups is 1. The van der Waals surface area contributed by atoms with Crippen LogP contribution >= 0.6 is 0 Å². The molecular weight excluding hydrogens is 176 g/mol. The zero-order valence-electron chi connectivity index (χ0n) is 7.92. The first-order valence-electron chi connectivity index (χ1n) is 4.55. The van der Waals surface area contributed by atoms with E-state index in [0.29, 0.717) is 6.42 Å². The number of phenolic OH excluding ortho intramolecular Hbond substituents is 1. The molecule has 72 valence electrons. The second kappa shape index (κ2) is 3.22. The van der Waals surface area contributed by atoms with Gasteiger partial charge in [-0.25, -0.2) is 0 Å². The van der Waals surface area contributed by atoms with Gasteiger partial charge in [0.1, 0.15) is 5.75 Å². The van der Waals surface area contributed by atoms with Crippen LogP contribution in [0.25, 0.3) is 0 Å². The van der Waals surface area contributed by atoms with Crippen LogP contribution in [0.5, 0.6) is 17.2 Å². The van der Waals surface area contributed by atoms with E-state index in [2.05, 4.69) is 13.2 Å². The molecular formula is C12H12O2. The lowest BCUT2D eigenvalue weighted by molar-refractivity contribution is 0.469. The lowest BCUT2D eigenvalue weighted by Crippen LogP contribution is -1.89. The molecule has 2 nitrogen and oxygen atoms in total. The number of rotatable bonds is 4. The molecule has 2 rings (SSSR count). The summed E-state index contributed by atoms with van der Waals surface area (Å²) in [6, 6.07) is 1.65. The highest BCUT2D eigenvalue weighted by molar-refractivity contribution is 5.66. The van der Waals surface area contributed by atoms with E-state index in [9.17, 15) is 5.11 Å². The molecule has 1 aromatic carbocycles. The second-order valence-corrected chi connectivity index (χ2v) is 3.27. The Bertz CT molecular complexity index is 394. The smallest absolute Gasteiger partial charge is 0.174 e. The van der Waals surface area contributed by atoms with Crippen LogP contribution in [-0.4, -0.2) is 5.11 Å². The number of benzene rings is 1. The minimum Gasteiger partial charge on any atom is -0.508 e. The molecule has 0 atom stereocenters. The van der Waals surface area contributed by atoms with Crippen molar-refractivity contribution in [2.45, 2.75) is 12.8 Å². The number of fused-ring (bicyclic) bond motifs is 1. The Labute approximate surface area is 83.1 Å². The average molecular weight is 188 g/mol. The van der Waals surface area contributed by atoms with Gasteiger partial charge < -0.3 is 9.84 Å². The highest BCUT2D eigenvalue weighted by Gasteiger charge is 2.28. The van der Waals surface area contributed by atoms with Crippen molar-refractivity contribution >= 4 is 0 Å². The van der Waals surface area contributed by atoms with Crippen molar-refractivity contribution in [1.29, 1.82) is 0 Å². The maximum Gasteiger partial charge on any atom is 0.174 e. The topological polar surface area (TPSA) is 32.8 Å². The predicted molar refractivity (Wildman–Crippen MR) is 56.0 cm³/mol. The predicted octanol–water partition coefficient (Wildman–Crippen LogP) is 2.95. The fraction of sp³-hybridized carbons (Fsp3) is 0.167. The molecule has 0 radical (unpaired) electrons. The van der Waals surface area contributed by atoms with Crippen LogP contribution in [0.4, 0.5) is 0 Å². The number of ether oxygens (including phenoxy) is 1. The summed E-state index contributed by atoms with van der Waals surface area (Å²) >= 11 is 0. The van der Waals surface area contributed by atoms with E-state index in [-0.39, 0.29) is 5.75 Å². The maximum absolute atomic E-state index is 9.70. The number of phenols is 1. The molecule has 0 saturated carbocycles. The highest BCUT2D eigenvalue weighted by Crippen LogP contribution is 2.52. The minimum absolute atomic E-state index is 0.290. The molecule has 0 saturated heterocycles. The molecule has 0 spiro atoms. The largest absolute Gasteiger partial charge is 0.508 e. The van der Waals surface area contributed by atoms with Crippen LogP contribution in [0.15, 0.2) is 31.4 Å². The van der Waals surface area contributed by atoms with Gasteiger partial charge in [-0.1, -0.05) is 12.2 Å². The molecule has 2 heteroatoms. The van der Waals surface area contributed by atoms with Crippen LogP contribution in [0.1, 0.15) is 11.1 Å². The van der Waals surface area contributed by atoms with Crippen molar-refractivity contribution in [3.8, 4) is 17.2 Å². The third kappa shape index (κ3) is 1.29. The van der Waals surface area contributed by atoms with Gasteiger partial charge in [-0.3, -0.25) is 0 Å². The first-order valence-corrected chi connectivity index (χ1v) is 4.55. The Morgan fingerprint density at radius 1 is 1.21 bits per heavy atom. The summed E-state index contributed by atoms with van der Waals surface area (Å²) in [5.74, 6) is 1.98. The summed E-state index contributed by atoms with van der Waals surface area (Å²) < 4.78 is 5.25. The van der Waals surface area contributed by atoms with Crippen molar-refractivity contribution in [1.82, 2.24) is 0 Å². The van der Waals surface area contributed by atoms with Gasteiger partial charge in [0.2, 0.25) is 0 Å². The standard InChI is InChI=1S/C12H12O2/c1-3-5-8-9(6-4-2)12-11(14-12)7-10(8)13/h3-4,7,13H,1-2,5-6H2. The molecule has 0 bridgehead atoms. The van der Waals surface area contributed by atoms with Crippen LogP contribution in [0.3, 0.4) is 0 Å².